The molecule has 0 heterocycles. The van der Waals surface area contributed by atoms with E-state index in [0.717, 1.165) is 25.7 Å². The largest absolute Gasteiger partial charge is 0.380 e. The fraction of sp³-hybridized carbons (Fsp3) is 1.00. The van der Waals surface area contributed by atoms with Crippen LogP contribution in [0.3, 0.4) is 0 Å². The zero-order valence-corrected chi connectivity index (χ0v) is 13.0. The quantitative estimate of drug-likeness (QED) is 0.757. The highest BCUT2D eigenvalue weighted by Gasteiger charge is 2.36. The molecule has 3 heteroatoms. The minimum atomic E-state index is 0.345. The van der Waals surface area contributed by atoms with E-state index in [0.29, 0.717) is 11.6 Å². The summed E-state index contributed by atoms with van der Waals surface area (Å²) in [6, 6.07) is 0.444. The van der Waals surface area contributed by atoms with E-state index in [1.54, 1.807) is 0 Å². The lowest BCUT2D eigenvalue weighted by Gasteiger charge is -2.46. The van der Waals surface area contributed by atoms with Crippen LogP contribution in [-0.4, -0.2) is 50.3 Å². The first kappa shape index (κ1) is 15.9. The van der Waals surface area contributed by atoms with Crippen LogP contribution in [0.15, 0.2) is 0 Å². The molecule has 0 spiro atoms. The van der Waals surface area contributed by atoms with Crippen LogP contribution in [0, 0.1) is 5.92 Å². The van der Waals surface area contributed by atoms with Gasteiger partial charge in [-0.25, -0.2) is 0 Å². The van der Waals surface area contributed by atoms with Crippen LogP contribution < -0.4 is 5.32 Å². The van der Waals surface area contributed by atoms with Gasteiger partial charge in [-0.3, -0.25) is 0 Å². The van der Waals surface area contributed by atoms with Crippen LogP contribution in [0.5, 0.6) is 0 Å². The van der Waals surface area contributed by atoms with Gasteiger partial charge in [0.2, 0.25) is 0 Å². The lowest BCUT2D eigenvalue weighted by molar-refractivity contribution is 0.0646. The molecule has 0 radical (unpaired) electrons. The van der Waals surface area contributed by atoms with Gasteiger partial charge >= 0.3 is 0 Å². The van der Waals surface area contributed by atoms with E-state index >= 15 is 0 Å². The van der Waals surface area contributed by atoms with Crippen molar-refractivity contribution in [2.24, 2.45) is 5.92 Å². The molecule has 3 unspecified atom stereocenters. The minimum absolute atomic E-state index is 0.345. The van der Waals surface area contributed by atoms with Gasteiger partial charge in [0.1, 0.15) is 0 Å². The lowest BCUT2D eigenvalue weighted by atomic mass is 9.75. The van der Waals surface area contributed by atoms with Crippen molar-refractivity contribution in [3.8, 4) is 0 Å². The van der Waals surface area contributed by atoms with Crippen molar-refractivity contribution < 1.29 is 4.74 Å². The van der Waals surface area contributed by atoms with Gasteiger partial charge < -0.3 is 15.0 Å². The molecule has 108 valence electrons. The lowest BCUT2D eigenvalue weighted by Crippen LogP contribution is -2.55. The number of nitrogens with one attached hydrogen (secondary N) is 1. The Morgan fingerprint density at radius 3 is 2.72 bits per heavy atom. The summed E-state index contributed by atoms with van der Waals surface area (Å²) in [6.45, 7) is 9.36. The van der Waals surface area contributed by atoms with Crippen LogP contribution in [0.4, 0.5) is 0 Å². The topological polar surface area (TPSA) is 24.5 Å². The maximum Gasteiger partial charge on any atom is 0.0616 e. The van der Waals surface area contributed by atoms with Crippen molar-refractivity contribution in [3.63, 3.8) is 0 Å². The number of hydrogen-bond acceptors (Lipinski definition) is 3. The summed E-state index contributed by atoms with van der Waals surface area (Å²) in [7, 11) is 4.46. The number of rotatable bonds is 7. The van der Waals surface area contributed by atoms with E-state index < -0.39 is 0 Å². The number of likely N-dealkylation sites (N-methyl/N-ethyl adjacent to an activating group) is 1. The second-order valence-electron chi connectivity index (χ2n) is 6.26. The summed E-state index contributed by atoms with van der Waals surface area (Å²) >= 11 is 0. The molecule has 1 fully saturated rings. The summed E-state index contributed by atoms with van der Waals surface area (Å²) in [5, 5.41) is 3.66. The van der Waals surface area contributed by atoms with Crippen LogP contribution in [-0.2, 0) is 4.74 Å². The maximum atomic E-state index is 5.47. The molecule has 1 aliphatic carbocycles. The van der Waals surface area contributed by atoms with E-state index in [9.17, 15) is 0 Å². The van der Waals surface area contributed by atoms with Crippen LogP contribution in [0.1, 0.15) is 46.5 Å². The predicted octanol–water partition coefficient (Wildman–Crippen LogP) is 2.51. The van der Waals surface area contributed by atoms with E-state index in [1.807, 2.05) is 0 Å². The van der Waals surface area contributed by atoms with Gasteiger partial charge in [0.25, 0.3) is 0 Å². The summed E-state index contributed by atoms with van der Waals surface area (Å²) in [5.41, 5.74) is 0.345. The third-order valence-corrected chi connectivity index (χ3v) is 4.37. The molecular weight excluding hydrogens is 224 g/mol. The van der Waals surface area contributed by atoms with Crippen molar-refractivity contribution in [3.05, 3.63) is 0 Å². The molecule has 1 rings (SSSR count). The Balaban J connectivity index is 2.47. The fourth-order valence-electron chi connectivity index (χ4n) is 3.07. The van der Waals surface area contributed by atoms with Crippen molar-refractivity contribution in [1.29, 1.82) is 0 Å². The second-order valence-corrected chi connectivity index (χ2v) is 6.26. The van der Waals surface area contributed by atoms with Crippen LogP contribution >= 0.6 is 0 Å². The second kappa shape index (κ2) is 7.46. The summed E-state index contributed by atoms with van der Waals surface area (Å²) in [4.78, 5) is 2.43. The van der Waals surface area contributed by atoms with Crippen molar-refractivity contribution in [1.82, 2.24) is 10.2 Å². The highest BCUT2D eigenvalue weighted by molar-refractivity contribution is 4.95. The minimum Gasteiger partial charge on any atom is -0.380 e. The third kappa shape index (κ3) is 4.52. The Hall–Kier alpha value is -0.120. The van der Waals surface area contributed by atoms with Crippen molar-refractivity contribution in [2.75, 3.05) is 33.9 Å². The SMILES string of the molecule is CCOCC(C)NCC1(N(C)C)CCCC(C)C1. The molecule has 0 aromatic heterocycles. The van der Waals surface area contributed by atoms with Crippen molar-refractivity contribution in [2.45, 2.75) is 58.0 Å². The zero-order chi connectivity index (χ0) is 13.6. The summed E-state index contributed by atoms with van der Waals surface area (Å²) < 4.78 is 5.47. The fourth-order valence-corrected chi connectivity index (χ4v) is 3.07. The molecule has 0 amide bonds. The first-order valence-electron chi connectivity index (χ1n) is 7.48. The first-order chi connectivity index (χ1) is 8.50. The molecule has 1 aliphatic rings. The molecule has 0 aromatic carbocycles. The number of hydrogen-bond donors (Lipinski definition) is 1. The van der Waals surface area contributed by atoms with Gasteiger partial charge in [-0.1, -0.05) is 19.8 Å². The van der Waals surface area contributed by atoms with E-state index in [2.05, 4.69) is 45.1 Å². The molecule has 1 saturated carbocycles. The first-order valence-corrected chi connectivity index (χ1v) is 7.48. The Morgan fingerprint density at radius 2 is 2.17 bits per heavy atom. The van der Waals surface area contributed by atoms with Gasteiger partial charge in [-0.15, -0.1) is 0 Å². The van der Waals surface area contributed by atoms with Gasteiger partial charge in [0.15, 0.2) is 0 Å². The Bertz CT molecular complexity index is 233. The smallest absolute Gasteiger partial charge is 0.0616 e. The molecule has 18 heavy (non-hydrogen) atoms. The van der Waals surface area contributed by atoms with Crippen molar-refractivity contribution >= 4 is 0 Å². The molecule has 0 bridgehead atoms. The number of ether oxygens (including phenoxy) is 1. The molecule has 0 aromatic rings. The average Bonchev–Trinajstić information content (AvgIpc) is 2.33. The van der Waals surface area contributed by atoms with Gasteiger partial charge in [0, 0.05) is 24.7 Å². The summed E-state index contributed by atoms with van der Waals surface area (Å²) in [6.07, 6.45) is 5.39. The third-order valence-electron chi connectivity index (χ3n) is 4.37. The molecule has 3 nitrogen and oxygen atoms in total. The molecule has 3 atom stereocenters. The Morgan fingerprint density at radius 1 is 1.44 bits per heavy atom. The van der Waals surface area contributed by atoms with Crippen LogP contribution in [0.2, 0.25) is 0 Å². The zero-order valence-electron chi connectivity index (χ0n) is 13.0. The average molecular weight is 256 g/mol. The summed E-state index contributed by atoms with van der Waals surface area (Å²) in [5.74, 6) is 0.852. The standard InChI is InChI=1S/C15H32N2O/c1-6-18-11-14(3)16-12-15(17(4)5)9-7-8-13(2)10-15/h13-14,16H,6-12H2,1-5H3. The van der Waals surface area contributed by atoms with E-state index in [1.165, 1.54) is 25.7 Å². The molecule has 0 aliphatic heterocycles. The van der Waals surface area contributed by atoms with Gasteiger partial charge in [-0.2, -0.15) is 0 Å². The highest BCUT2D eigenvalue weighted by atomic mass is 16.5. The predicted molar refractivity (Wildman–Crippen MR) is 78.0 cm³/mol. The van der Waals surface area contributed by atoms with E-state index in [4.69, 9.17) is 4.74 Å². The molecular formula is C15H32N2O. The molecule has 0 saturated heterocycles. The monoisotopic (exact) mass is 256 g/mol. The Kier molecular flexibility index (Phi) is 6.61. The van der Waals surface area contributed by atoms with Crippen LogP contribution in [0.25, 0.3) is 0 Å². The van der Waals surface area contributed by atoms with Gasteiger partial charge in [-0.05, 0) is 46.7 Å². The molecule has 1 N–H and O–H groups in total. The highest BCUT2D eigenvalue weighted by Crippen LogP contribution is 2.35. The normalized spacial score (nSPS) is 30.7. The van der Waals surface area contributed by atoms with E-state index in [-0.39, 0.29) is 0 Å². The maximum absolute atomic E-state index is 5.47. The Labute approximate surface area is 113 Å². The number of nitrogens with zero attached hydrogens (tertiary/aromatic N) is 1. The van der Waals surface area contributed by atoms with Gasteiger partial charge in [0.05, 0.1) is 6.61 Å².